The lowest BCUT2D eigenvalue weighted by atomic mass is 9.98. The molecule has 1 aliphatic rings. The third kappa shape index (κ3) is 5.73. The predicted octanol–water partition coefficient (Wildman–Crippen LogP) is 4.36. The van der Waals surface area contributed by atoms with Crippen molar-refractivity contribution in [2.24, 2.45) is 0 Å². The minimum atomic E-state index is -0.145. The van der Waals surface area contributed by atoms with Gasteiger partial charge in [0.25, 0.3) is 5.91 Å². The molecule has 1 heterocycles. The van der Waals surface area contributed by atoms with Gasteiger partial charge in [0.05, 0.1) is 0 Å². The van der Waals surface area contributed by atoms with Crippen LogP contribution in [0.4, 0.5) is 11.4 Å². The van der Waals surface area contributed by atoms with Crippen LogP contribution in [0.15, 0.2) is 48.5 Å². The molecule has 0 saturated carbocycles. The van der Waals surface area contributed by atoms with Crippen molar-refractivity contribution in [1.82, 2.24) is 4.90 Å². The van der Waals surface area contributed by atoms with Gasteiger partial charge in [-0.25, -0.2) is 0 Å². The molecule has 1 aliphatic heterocycles. The molecule has 0 bridgehead atoms. The molecule has 0 aromatic heterocycles. The van der Waals surface area contributed by atoms with Crippen molar-refractivity contribution in [2.45, 2.75) is 33.1 Å². The summed E-state index contributed by atoms with van der Waals surface area (Å²) in [5, 5.41) is 2.93. The molecule has 0 spiro atoms. The normalized spacial score (nSPS) is 15.8. The molecule has 1 N–H and O–H groups in total. The number of carbonyl (C=O) groups is 1. The molecule has 0 radical (unpaired) electrons. The standard InChI is InChI=1S/C24H33N3O2/c1-4-19(3)22-8-6-7-9-23(22)29-18-24(28)25-20-10-12-21(13-11-20)27-16-14-26(5-2)15-17-27/h6-13,19H,4-5,14-18H2,1-3H3,(H,25,28)/t19-/m0/s1. The topological polar surface area (TPSA) is 44.8 Å². The Bertz CT molecular complexity index is 783. The van der Waals surface area contributed by atoms with E-state index >= 15 is 0 Å². The highest BCUT2D eigenvalue weighted by Crippen LogP contribution is 2.28. The first-order valence-electron chi connectivity index (χ1n) is 10.7. The Hall–Kier alpha value is -2.53. The molecule has 1 saturated heterocycles. The second kappa shape index (κ2) is 10.3. The van der Waals surface area contributed by atoms with E-state index < -0.39 is 0 Å². The molecular formula is C24H33N3O2. The number of piperazine rings is 1. The summed E-state index contributed by atoms with van der Waals surface area (Å²) in [5.41, 5.74) is 3.15. The maximum atomic E-state index is 12.3. The van der Waals surface area contributed by atoms with Crippen molar-refractivity contribution >= 4 is 17.3 Å². The zero-order chi connectivity index (χ0) is 20.6. The highest BCUT2D eigenvalue weighted by atomic mass is 16.5. The average Bonchev–Trinajstić information content (AvgIpc) is 2.78. The zero-order valence-electron chi connectivity index (χ0n) is 17.9. The molecule has 3 rings (SSSR count). The van der Waals surface area contributed by atoms with E-state index in [9.17, 15) is 4.79 Å². The van der Waals surface area contributed by atoms with Gasteiger partial charge in [-0.15, -0.1) is 0 Å². The van der Waals surface area contributed by atoms with Crippen LogP contribution in [-0.4, -0.2) is 50.1 Å². The van der Waals surface area contributed by atoms with Crippen molar-refractivity contribution in [3.8, 4) is 5.75 Å². The third-order valence-corrected chi connectivity index (χ3v) is 5.76. The Balaban J connectivity index is 1.51. The minimum absolute atomic E-state index is 0.00811. The van der Waals surface area contributed by atoms with Crippen LogP contribution in [0.5, 0.6) is 5.75 Å². The van der Waals surface area contributed by atoms with E-state index in [1.807, 2.05) is 30.3 Å². The van der Waals surface area contributed by atoms with Crippen LogP contribution in [0.1, 0.15) is 38.7 Å². The molecule has 5 nitrogen and oxygen atoms in total. The lowest BCUT2D eigenvalue weighted by molar-refractivity contribution is -0.118. The van der Waals surface area contributed by atoms with Crippen molar-refractivity contribution in [1.29, 1.82) is 0 Å². The molecule has 0 unspecified atom stereocenters. The smallest absolute Gasteiger partial charge is 0.262 e. The Morgan fingerprint density at radius 1 is 1.03 bits per heavy atom. The molecule has 1 amide bonds. The molecule has 0 aliphatic carbocycles. The summed E-state index contributed by atoms with van der Waals surface area (Å²) in [6.07, 6.45) is 1.03. The van der Waals surface area contributed by atoms with E-state index in [1.165, 1.54) is 5.69 Å². The lowest BCUT2D eigenvalue weighted by Crippen LogP contribution is -2.46. The molecule has 1 atom stereocenters. The number of anilines is 2. The van der Waals surface area contributed by atoms with E-state index in [4.69, 9.17) is 4.74 Å². The largest absolute Gasteiger partial charge is 0.483 e. The Kier molecular flexibility index (Phi) is 7.53. The summed E-state index contributed by atoms with van der Waals surface area (Å²) < 4.78 is 5.81. The number of hydrogen-bond acceptors (Lipinski definition) is 4. The van der Waals surface area contributed by atoms with Gasteiger partial charge in [0, 0.05) is 37.6 Å². The fraction of sp³-hybridized carbons (Fsp3) is 0.458. The van der Waals surface area contributed by atoms with Gasteiger partial charge < -0.3 is 19.9 Å². The van der Waals surface area contributed by atoms with Crippen LogP contribution in [0.2, 0.25) is 0 Å². The molecular weight excluding hydrogens is 362 g/mol. The second-order valence-corrected chi connectivity index (χ2v) is 7.65. The van der Waals surface area contributed by atoms with E-state index in [1.54, 1.807) is 0 Å². The van der Waals surface area contributed by atoms with Crippen molar-refractivity contribution < 1.29 is 9.53 Å². The fourth-order valence-electron chi connectivity index (χ4n) is 3.66. The molecule has 2 aromatic rings. The first-order chi connectivity index (χ1) is 14.1. The average molecular weight is 396 g/mol. The van der Waals surface area contributed by atoms with Crippen LogP contribution in [-0.2, 0) is 4.79 Å². The van der Waals surface area contributed by atoms with Gasteiger partial charge >= 0.3 is 0 Å². The van der Waals surface area contributed by atoms with Crippen molar-refractivity contribution in [2.75, 3.05) is 49.5 Å². The van der Waals surface area contributed by atoms with E-state index in [0.29, 0.717) is 5.92 Å². The third-order valence-electron chi connectivity index (χ3n) is 5.76. The SMILES string of the molecule is CC[C@H](C)c1ccccc1OCC(=O)Nc1ccc(N2CCN(CC)CC2)cc1. The van der Waals surface area contributed by atoms with Gasteiger partial charge in [0.1, 0.15) is 5.75 Å². The number of nitrogens with zero attached hydrogens (tertiary/aromatic N) is 2. The highest BCUT2D eigenvalue weighted by Gasteiger charge is 2.16. The predicted molar refractivity (Wildman–Crippen MR) is 120 cm³/mol. The summed E-state index contributed by atoms with van der Waals surface area (Å²) in [4.78, 5) is 17.2. The quantitative estimate of drug-likeness (QED) is 0.721. The van der Waals surface area contributed by atoms with Crippen molar-refractivity contribution in [3.05, 3.63) is 54.1 Å². The number of benzene rings is 2. The number of nitrogens with one attached hydrogen (secondary N) is 1. The Labute approximate surface area is 174 Å². The van der Waals surface area contributed by atoms with Crippen LogP contribution < -0.4 is 15.0 Å². The van der Waals surface area contributed by atoms with E-state index in [0.717, 1.165) is 56.1 Å². The number of para-hydroxylation sites is 1. The molecule has 1 fully saturated rings. The molecule has 2 aromatic carbocycles. The van der Waals surface area contributed by atoms with Gasteiger partial charge in [0.2, 0.25) is 0 Å². The number of rotatable bonds is 8. The van der Waals surface area contributed by atoms with Gasteiger partial charge in [-0.3, -0.25) is 4.79 Å². The zero-order valence-corrected chi connectivity index (χ0v) is 17.9. The molecule has 156 valence electrons. The first-order valence-corrected chi connectivity index (χ1v) is 10.7. The lowest BCUT2D eigenvalue weighted by Gasteiger charge is -2.35. The molecule has 29 heavy (non-hydrogen) atoms. The van der Waals surface area contributed by atoms with Crippen LogP contribution in [0.3, 0.4) is 0 Å². The summed E-state index contributed by atoms with van der Waals surface area (Å²) in [5.74, 6) is 1.05. The summed E-state index contributed by atoms with van der Waals surface area (Å²) in [6.45, 7) is 11.9. The van der Waals surface area contributed by atoms with Crippen LogP contribution in [0.25, 0.3) is 0 Å². The van der Waals surface area contributed by atoms with E-state index in [-0.39, 0.29) is 12.5 Å². The monoisotopic (exact) mass is 395 g/mol. The number of amides is 1. The number of carbonyl (C=O) groups excluding carboxylic acids is 1. The summed E-state index contributed by atoms with van der Waals surface area (Å²) >= 11 is 0. The highest BCUT2D eigenvalue weighted by molar-refractivity contribution is 5.92. The minimum Gasteiger partial charge on any atom is -0.483 e. The fourth-order valence-corrected chi connectivity index (χ4v) is 3.66. The number of likely N-dealkylation sites (N-methyl/N-ethyl adjacent to an activating group) is 1. The number of ether oxygens (including phenoxy) is 1. The van der Waals surface area contributed by atoms with Gasteiger partial charge in [0.15, 0.2) is 6.61 Å². The van der Waals surface area contributed by atoms with Crippen molar-refractivity contribution in [3.63, 3.8) is 0 Å². The van der Waals surface area contributed by atoms with Gasteiger partial charge in [-0.2, -0.15) is 0 Å². The maximum absolute atomic E-state index is 12.3. The van der Waals surface area contributed by atoms with Crippen LogP contribution >= 0.6 is 0 Å². The summed E-state index contributed by atoms with van der Waals surface area (Å²) in [6, 6.07) is 16.0. The first kappa shape index (κ1) is 21.2. The Morgan fingerprint density at radius 2 is 1.72 bits per heavy atom. The number of hydrogen-bond donors (Lipinski definition) is 1. The molecule has 5 heteroatoms. The Morgan fingerprint density at radius 3 is 2.38 bits per heavy atom. The van der Waals surface area contributed by atoms with Gasteiger partial charge in [-0.05, 0) is 54.8 Å². The maximum Gasteiger partial charge on any atom is 0.262 e. The summed E-state index contributed by atoms with van der Waals surface area (Å²) in [7, 11) is 0. The second-order valence-electron chi connectivity index (χ2n) is 7.65. The van der Waals surface area contributed by atoms with E-state index in [2.05, 4.69) is 54.1 Å². The van der Waals surface area contributed by atoms with Gasteiger partial charge in [-0.1, -0.05) is 39.0 Å². The van der Waals surface area contributed by atoms with Crippen LogP contribution in [0, 0.1) is 0 Å².